The predicted octanol–water partition coefficient (Wildman–Crippen LogP) is 2.94. The van der Waals surface area contributed by atoms with Crippen LogP contribution in [0.3, 0.4) is 0 Å². The molecule has 2 N–H and O–H groups in total. The molecule has 1 aliphatic heterocycles. The lowest BCUT2D eigenvalue weighted by Crippen LogP contribution is -2.36. The summed E-state index contributed by atoms with van der Waals surface area (Å²) < 4.78 is 11.5. The lowest BCUT2D eigenvalue weighted by molar-refractivity contribution is -0.385. The highest BCUT2D eigenvalue weighted by atomic mass is 16.6. The van der Waals surface area contributed by atoms with Crippen LogP contribution in [0.25, 0.3) is 0 Å². The number of hydrogen-bond donors (Lipinski definition) is 2. The molecule has 8 nitrogen and oxygen atoms in total. The van der Waals surface area contributed by atoms with E-state index in [1.165, 1.54) is 6.07 Å². The zero-order valence-corrected chi connectivity index (χ0v) is 16.7. The lowest BCUT2D eigenvalue weighted by atomic mass is 10.1. The van der Waals surface area contributed by atoms with Gasteiger partial charge in [0.2, 0.25) is 0 Å². The van der Waals surface area contributed by atoms with Gasteiger partial charge in [0.25, 0.3) is 5.69 Å². The summed E-state index contributed by atoms with van der Waals surface area (Å²) in [5, 5.41) is 17.5. The van der Waals surface area contributed by atoms with Crippen LogP contribution < -0.4 is 15.4 Å². The normalized spacial score (nSPS) is 16.5. The maximum Gasteiger partial charge on any atom is 0.274 e. The zero-order chi connectivity index (χ0) is 20.6. The molecule has 1 atom stereocenters. The van der Waals surface area contributed by atoms with Gasteiger partial charge in [-0.25, -0.2) is 0 Å². The number of hydrogen-bond acceptors (Lipinski definition) is 5. The fourth-order valence-corrected chi connectivity index (χ4v) is 3.12. The smallest absolute Gasteiger partial charge is 0.274 e. The molecule has 2 aromatic rings. The van der Waals surface area contributed by atoms with Crippen LogP contribution in [0.2, 0.25) is 0 Å². The van der Waals surface area contributed by atoms with E-state index in [1.807, 2.05) is 25.1 Å². The van der Waals surface area contributed by atoms with E-state index in [2.05, 4.69) is 15.6 Å². The molecule has 1 saturated heterocycles. The second-order valence-corrected chi connectivity index (χ2v) is 6.88. The molecule has 0 aliphatic carbocycles. The van der Waals surface area contributed by atoms with Gasteiger partial charge in [-0.15, -0.1) is 0 Å². The van der Waals surface area contributed by atoms with Gasteiger partial charge in [0.1, 0.15) is 11.9 Å². The molecule has 0 bridgehead atoms. The van der Waals surface area contributed by atoms with Gasteiger partial charge in [0, 0.05) is 43.8 Å². The number of guanidine groups is 1. The minimum atomic E-state index is -0.379. The number of nitro benzene ring substituents is 1. The van der Waals surface area contributed by atoms with Gasteiger partial charge in [0.05, 0.1) is 18.1 Å². The summed E-state index contributed by atoms with van der Waals surface area (Å²) in [6, 6.07) is 12.8. The van der Waals surface area contributed by atoms with Gasteiger partial charge in [-0.2, -0.15) is 0 Å². The van der Waals surface area contributed by atoms with Crippen molar-refractivity contribution in [1.29, 1.82) is 0 Å². The Morgan fingerprint density at radius 3 is 2.69 bits per heavy atom. The monoisotopic (exact) mass is 398 g/mol. The molecule has 1 heterocycles. The van der Waals surface area contributed by atoms with Crippen LogP contribution in [0.4, 0.5) is 5.69 Å². The van der Waals surface area contributed by atoms with Crippen molar-refractivity contribution in [3.63, 3.8) is 0 Å². The van der Waals surface area contributed by atoms with E-state index in [0.717, 1.165) is 29.9 Å². The Hall–Kier alpha value is -3.13. The molecular weight excluding hydrogens is 372 g/mol. The number of aliphatic imine (C=N–C) groups is 1. The van der Waals surface area contributed by atoms with Crippen LogP contribution in [0.5, 0.6) is 5.75 Å². The van der Waals surface area contributed by atoms with Crippen molar-refractivity contribution >= 4 is 11.6 Å². The van der Waals surface area contributed by atoms with Crippen LogP contribution in [0.1, 0.15) is 23.1 Å². The molecule has 29 heavy (non-hydrogen) atoms. The topological polar surface area (TPSA) is 98.0 Å². The zero-order valence-electron chi connectivity index (χ0n) is 16.7. The van der Waals surface area contributed by atoms with Gasteiger partial charge in [0.15, 0.2) is 5.96 Å². The van der Waals surface area contributed by atoms with Crippen LogP contribution in [-0.2, 0) is 17.8 Å². The molecule has 0 spiro atoms. The summed E-state index contributed by atoms with van der Waals surface area (Å²) in [5.41, 5.74) is 2.82. The van der Waals surface area contributed by atoms with E-state index >= 15 is 0 Å². The van der Waals surface area contributed by atoms with Crippen LogP contribution in [0.15, 0.2) is 47.5 Å². The molecule has 154 valence electrons. The van der Waals surface area contributed by atoms with E-state index in [0.29, 0.717) is 31.2 Å². The van der Waals surface area contributed by atoms with E-state index in [4.69, 9.17) is 9.47 Å². The molecule has 0 saturated carbocycles. The highest BCUT2D eigenvalue weighted by Crippen LogP contribution is 2.24. The quantitative estimate of drug-likeness (QED) is 0.322. The first kappa shape index (κ1) is 20.6. The van der Waals surface area contributed by atoms with Crippen molar-refractivity contribution in [1.82, 2.24) is 10.6 Å². The summed E-state index contributed by atoms with van der Waals surface area (Å²) in [4.78, 5) is 15.0. The van der Waals surface area contributed by atoms with Gasteiger partial charge < -0.3 is 20.1 Å². The molecule has 1 unspecified atom stereocenters. The van der Waals surface area contributed by atoms with Crippen molar-refractivity contribution in [2.75, 3.05) is 20.3 Å². The molecule has 0 radical (unpaired) electrons. The third-order valence-electron chi connectivity index (χ3n) is 4.71. The third-order valence-corrected chi connectivity index (χ3v) is 4.71. The summed E-state index contributed by atoms with van der Waals surface area (Å²) in [6.45, 7) is 4.18. The highest BCUT2D eigenvalue weighted by Gasteiger charge is 2.19. The van der Waals surface area contributed by atoms with Crippen molar-refractivity contribution in [2.45, 2.75) is 32.5 Å². The Bertz CT molecular complexity index is 879. The fourth-order valence-electron chi connectivity index (χ4n) is 3.12. The van der Waals surface area contributed by atoms with Gasteiger partial charge in [-0.1, -0.05) is 30.3 Å². The van der Waals surface area contributed by atoms with Gasteiger partial charge in [-0.3, -0.25) is 15.1 Å². The standard InChI is InChI=1S/C21H26N4O4/c1-15-7-8-17(20(11-15)29-18-9-10-28-14-18)13-24-21(22-2)23-12-16-5-3-4-6-19(16)25(26)27/h3-8,11,18H,9-10,12-14H2,1-2H3,(H2,22,23,24). The maximum atomic E-state index is 11.2. The summed E-state index contributed by atoms with van der Waals surface area (Å²) >= 11 is 0. The summed E-state index contributed by atoms with van der Waals surface area (Å²) in [6.07, 6.45) is 0.964. The molecule has 3 rings (SSSR count). The first-order valence-corrected chi connectivity index (χ1v) is 9.57. The average molecular weight is 398 g/mol. The Kier molecular flexibility index (Phi) is 7.02. The SMILES string of the molecule is CN=C(NCc1ccc(C)cc1OC1CCOC1)NCc1ccccc1[N+](=O)[O-]. The second kappa shape index (κ2) is 9.88. The first-order chi connectivity index (χ1) is 14.1. The van der Waals surface area contributed by atoms with Gasteiger partial charge >= 0.3 is 0 Å². The Labute approximate surface area is 170 Å². The predicted molar refractivity (Wildman–Crippen MR) is 111 cm³/mol. The maximum absolute atomic E-state index is 11.2. The molecule has 1 aliphatic rings. The summed E-state index contributed by atoms with van der Waals surface area (Å²) in [5.74, 6) is 1.39. The van der Waals surface area contributed by atoms with Crippen molar-refractivity contribution in [3.05, 3.63) is 69.3 Å². The number of aryl methyl sites for hydroxylation is 1. The Morgan fingerprint density at radius 1 is 1.24 bits per heavy atom. The fraction of sp³-hybridized carbons (Fsp3) is 0.381. The van der Waals surface area contributed by atoms with Crippen molar-refractivity contribution in [3.8, 4) is 5.75 Å². The third kappa shape index (κ3) is 5.68. The van der Waals surface area contributed by atoms with Crippen LogP contribution in [-0.4, -0.2) is 37.2 Å². The highest BCUT2D eigenvalue weighted by molar-refractivity contribution is 5.79. The van der Waals surface area contributed by atoms with Gasteiger partial charge in [-0.05, 0) is 18.6 Å². The lowest BCUT2D eigenvalue weighted by Gasteiger charge is -2.18. The average Bonchev–Trinajstić information content (AvgIpc) is 3.22. The number of nitro groups is 1. The number of para-hydroxylation sites is 1. The number of rotatable bonds is 7. The molecule has 8 heteroatoms. The van der Waals surface area contributed by atoms with Crippen LogP contribution >= 0.6 is 0 Å². The molecule has 1 fully saturated rings. The first-order valence-electron chi connectivity index (χ1n) is 9.57. The molecule has 0 aromatic heterocycles. The molecular formula is C21H26N4O4. The second-order valence-electron chi connectivity index (χ2n) is 6.88. The summed E-state index contributed by atoms with van der Waals surface area (Å²) in [7, 11) is 1.66. The van der Waals surface area contributed by atoms with E-state index < -0.39 is 0 Å². The Morgan fingerprint density at radius 2 is 2.00 bits per heavy atom. The van der Waals surface area contributed by atoms with E-state index in [9.17, 15) is 10.1 Å². The Balaban J connectivity index is 1.62. The number of nitrogens with zero attached hydrogens (tertiary/aromatic N) is 2. The number of nitrogens with one attached hydrogen (secondary N) is 2. The van der Waals surface area contributed by atoms with E-state index in [-0.39, 0.29) is 16.7 Å². The minimum Gasteiger partial charge on any atom is -0.488 e. The van der Waals surface area contributed by atoms with Crippen molar-refractivity contribution < 1.29 is 14.4 Å². The molecule has 0 amide bonds. The number of ether oxygens (including phenoxy) is 2. The number of benzene rings is 2. The largest absolute Gasteiger partial charge is 0.488 e. The van der Waals surface area contributed by atoms with E-state index in [1.54, 1.807) is 25.2 Å². The minimum absolute atomic E-state index is 0.0756. The molecule has 2 aromatic carbocycles. The van der Waals surface area contributed by atoms with Crippen molar-refractivity contribution in [2.24, 2.45) is 4.99 Å². The van der Waals surface area contributed by atoms with Crippen LogP contribution in [0, 0.1) is 17.0 Å².